The van der Waals surface area contributed by atoms with Crippen molar-refractivity contribution in [2.45, 2.75) is 44.0 Å². The van der Waals surface area contributed by atoms with E-state index >= 15 is 0 Å². The number of rotatable bonds is 6. The molecule has 0 spiro atoms. The number of nitrogen functional groups attached to an aromatic ring is 1. The lowest BCUT2D eigenvalue weighted by atomic mass is 9.96. The van der Waals surface area contributed by atoms with Gasteiger partial charge in [0.05, 0.1) is 25.6 Å². The lowest BCUT2D eigenvalue weighted by Crippen LogP contribution is -2.57. The molecule has 9 nitrogen and oxygen atoms in total. The first kappa shape index (κ1) is 21.2. The Labute approximate surface area is 192 Å². The molecule has 0 bridgehead atoms. The van der Waals surface area contributed by atoms with Crippen LogP contribution >= 0.6 is 11.6 Å². The monoisotopic (exact) mass is 456 g/mol. The predicted octanol–water partition coefficient (Wildman–Crippen LogP) is 2.22. The molecule has 170 valence electrons. The molecule has 3 aromatic rings. The van der Waals surface area contributed by atoms with Gasteiger partial charge < -0.3 is 19.9 Å². The van der Waals surface area contributed by atoms with Crippen LogP contribution in [0.4, 0.5) is 11.9 Å². The summed E-state index contributed by atoms with van der Waals surface area (Å²) in [6, 6.07) is 9.01. The predicted molar refractivity (Wildman–Crippen MR) is 124 cm³/mol. The van der Waals surface area contributed by atoms with Crippen LogP contribution in [0.25, 0.3) is 0 Å². The molecule has 2 fully saturated rings. The molecule has 2 aliphatic rings. The molecule has 5 rings (SSSR count). The molecule has 4 heterocycles. The summed E-state index contributed by atoms with van der Waals surface area (Å²) in [5, 5.41) is 8.82. The van der Waals surface area contributed by atoms with Gasteiger partial charge in [0, 0.05) is 49.1 Å². The van der Waals surface area contributed by atoms with Crippen LogP contribution in [-0.2, 0) is 17.7 Å². The Hall–Kier alpha value is -2.62. The second-order valence-electron chi connectivity index (χ2n) is 8.65. The summed E-state index contributed by atoms with van der Waals surface area (Å²) in [4.78, 5) is 12.1. The van der Waals surface area contributed by atoms with E-state index in [-0.39, 0.29) is 6.10 Å². The number of hydrogen-bond donors (Lipinski definition) is 2. The number of imidazole rings is 1. The lowest BCUT2D eigenvalue weighted by molar-refractivity contribution is -0.0873. The summed E-state index contributed by atoms with van der Waals surface area (Å²) in [7, 11) is 0. The highest BCUT2D eigenvalue weighted by molar-refractivity contribution is 6.30. The van der Waals surface area contributed by atoms with Crippen LogP contribution in [0.3, 0.4) is 0 Å². The van der Waals surface area contributed by atoms with Crippen molar-refractivity contribution in [3.8, 4) is 0 Å². The number of nitrogens with zero attached hydrogens (tertiary/aromatic N) is 6. The van der Waals surface area contributed by atoms with Crippen molar-refractivity contribution in [3.05, 3.63) is 53.6 Å². The smallest absolute Gasteiger partial charge is 0.226 e. The van der Waals surface area contributed by atoms with Crippen LogP contribution in [0.1, 0.15) is 18.4 Å². The average molecular weight is 457 g/mol. The number of hydrogen-bond acceptors (Lipinski definition) is 7. The van der Waals surface area contributed by atoms with E-state index < -0.39 is 0 Å². The van der Waals surface area contributed by atoms with Gasteiger partial charge in [0.1, 0.15) is 0 Å². The molecule has 0 saturated carbocycles. The fourth-order valence-corrected chi connectivity index (χ4v) is 4.98. The zero-order valence-corrected chi connectivity index (χ0v) is 18.7. The van der Waals surface area contributed by atoms with Crippen molar-refractivity contribution in [1.29, 1.82) is 0 Å². The average Bonchev–Trinajstić information content (AvgIpc) is 3.48. The first-order valence-electron chi connectivity index (χ1n) is 11.1. The molecule has 32 heavy (non-hydrogen) atoms. The van der Waals surface area contributed by atoms with Gasteiger partial charge in [-0.2, -0.15) is 0 Å². The van der Waals surface area contributed by atoms with E-state index in [0.717, 1.165) is 63.0 Å². The fraction of sp³-hybridized carbons (Fsp3) is 0.500. The van der Waals surface area contributed by atoms with Crippen molar-refractivity contribution in [2.75, 3.05) is 36.9 Å². The molecule has 1 aromatic carbocycles. The molecule has 0 radical (unpaired) electrons. The number of nitrogens with two attached hydrogens (primary N) is 1. The van der Waals surface area contributed by atoms with Crippen molar-refractivity contribution in [3.63, 3.8) is 0 Å². The molecular formula is C22H29ClN8O. The number of benzene rings is 1. The zero-order chi connectivity index (χ0) is 21.9. The first-order valence-corrected chi connectivity index (χ1v) is 11.5. The number of ether oxygens (including phenoxy) is 1. The van der Waals surface area contributed by atoms with E-state index in [4.69, 9.17) is 22.1 Å². The minimum atomic E-state index is 0.151. The van der Waals surface area contributed by atoms with E-state index in [9.17, 15) is 0 Å². The van der Waals surface area contributed by atoms with Crippen LogP contribution in [0.5, 0.6) is 0 Å². The first-order chi connectivity index (χ1) is 15.6. The minimum absolute atomic E-state index is 0.151. The van der Waals surface area contributed by atoms with Crippen LogP contribution < -0.4 is 10.6 Å². The van der Waals surface area contributed by atoms with Gasteiger partial charge >= 0.3 is 0 Å². The molecule has 0 unspecified atom stereocenters. The Morgan fingerprint density at radius 1 is 1.16 bits per heavy atom. The molecule has 2 atom stereocenters. The molecular weight excluding hydrogens is 428 g/mol. The summed E-state index contributed by atoms with van der Waals surface area (Å²) in [6.07, 6.45) is 8.90. The third-order valence-electron chi connectivity index (χ3n) is 6.49. The highest BCUT2D eigenvalue weighted by Gasteiger charge is 2.36. The van der Waals surface area contributed by atoms with Crippen LogP contribution in [0.2, 0.25) is 5.02 Å². The second-order valence-corrected chi connectivity index (χ2v) is 9.08. The highest BCUT2D eigenvalue weighted by atomic mass is 35.5. The maximum atomic E-state index is 6.31. The number of H-pyrrole nitrogens is 1. The van der Waals surface area contributed by atoms with E-state index in [0.29, 0.717) is 18.0 Å². The number of aromatic amines is 1. The number of aromatic nitrogens is 5. The van der Waals surface area contributed by atoms with Crippen LogP contribution in [-0.4, -0.2) is 74.1 Å². The van der Waals surface area contributed by atoms with Crippen molar-refractivity contribution < 1.29 is 4.74 Å². The number of halogens is 1. The topological polar surface area (TPSA) is 101 Å². The van der Waals surface area contributed by atoms with E-state index in [1.807, 2.05) is 30.9 Å². The minimum Gasteiger partial charge on any atom is -0.373 e. The number of anilines is 2. The van der Waals surface area contributed by atoms with Gasteiger partial charge in [-0.25, -0.2) is 4.98 Å². The fourth-order valence-electron chi connectivity index (χ4n) is 4.85. The van der Waals surface area contributed by atoms with Crippen LogP contribution in [0, 0.1) is 0 Å². The van der Waals surface area contributed by atoms with Crippen molar-refractivity contribution >= 4 is 23.5 Å². The second kappa shape index (κ2) is 9.48. The SMILES string of the molecule is Nc1nnc(N2CCC(N3C[C@H](Cn4ccnc4)OC[C@@H]3Cc3ccc(Cl)cc3)CC2)[nH]1. The third kappa shape index (κ3) is 4.90. The quantitative estimate of drug-likeness (QED) is 0.586. The van der Waals surface area contributed by atoms with Gasteiger partial charge in [0.25, 0.3) is 0 Å². The molecule has 10 heteroatoms. The van der Waals surface area contributed by atoms with Gasteiger partial charge in [0.15, 0.2) is 0 Å². The molecule has 3 N–H and O–H groups in total. The number of piperidine rings is 1. The van der Waals surface area contributed by atoms with E-state index in [1.54, 1.807) is 0 Å². The maximum absolute atomic E-state index is 6.31. The molecule has 0 amide bonds. The van der Waals surface area contributed by atoms with Crippen LogP contribution in [0.15, 0.2) is 43.0 Å². The Balaban J connectivity index is 1.27. The Morgan fingerprint density at radius 3 is 2.66 bits per heavy atom. The van der Waals surface area contributed by atoms with Crippen molar-refractivity contribution in [2.24, 2.45) is 0 Å². The van der Waals surface area contributed by atoms with E-state index in [1.165, 1.54) is 5.56 Å². The molecule has 2 saturated heterocycles. The van der Waals surface area contributed by atoms with E-state index in [2.05, 4.69) is 46.7 Å². The Morgan fingerprint density at radius 2 is 1.97 bits per heavy atom. The number of morpholine rings is 1. The Kier molecular flexibility index (Phi) is 6.29. The van der Waals surface area contributed by atoms with Gasteiger partial charge in [-0.05, 0) is 37.0 Å². The summed E-state index contributed by atoms with van der Waals surface area (Å²) in [6.45, 7) is 4.31. The summed E-state index contributed by atoms with van der Waals surface area (Å²) < 4.78 is 8.41. The molecule has 0 aliphatic carbocycles. The lowest BCUT2D eigenvalue weighted by Gasteiger charge is -2.46. The number of nitrogens with one attached hydrogen (secondary N) is 1. The largest absolute Gasteiger partial charge is 0.373 e. The molecule has 2 aliphatic heterocycles. The zero-order valence-electron chi connectivity index (χ0n) is 18.0. The van der Waals surface area contributed by atoms with Crippen molar-refractivity contribution in [1.82, 2.24) is 29.6 Å². The molecule has 2 aromatic heterocycles. The maximum Gasteiger partial charge on any atom is 0.226 e. The highest BCUT2D eigenvalue weighted by Crippen LogP contribution is 2.27. The summed E-state index contributed by atoms with van der Waals surface area (Å²) >= 11 is 6.09. The normalized spacial score (nSPS) is 23.0. The van der Waals surface area contributed by atoms with Gasteiger partial charge in [-0.1, -0.05) is 23.7 Å². The summed E-state index contributed by atoms with van der Waals surface area (Å²) in [5.74, 6) is 1.12. The third-order valence-corrected chi connectivity index (χ3v) is 6.74. The van der Waals surface area contributed by atoms with Gasteiger partial charge in [-0.3, -0.25) is 9.88 Å². The Bertz CT molecular complexity index is 984. The standard InChI is InChI=1S/C22H29ClN8O/c23-17-3-1-16(2-4-17)11-19-14-32-20(12-29-10-7-25-15-29)13-31(19)18-5-8-30(9-6-18)22-26-21(24)27-28-22/h1-4,7,10,15,18-20H,5-6,8-9,11-14H2,(H3,24,26,27,28)/t19-,20-/m0/s1. The summed E-state index contributed by atoms with van der Waals surface area (Å²) in [5.41, 5.74) is 7.00. The van der Waals surface area contributed by atoms with Gasteiger partial charge in [0.2, 0.25) is 11.9 Å². The van der Waals surface area contributed by atoms with Gasteiger partial charge in [-0.15, -0.1) is 10.2 Å².